The number of anilines is 1. The molecule has 2 amide bonds. The van der Waals surface area contributed by atoms with Gasteiger partial charge in [0.15, 0.2) is 23.7 Å². The summed E-state index contributed by atoms with van der Waals surface area (Å²) in [7, 11) is 3.27. The Morgan fingerprint density at radius 1 is 1.29 bits per heavy atom. The molecule has 2 aromatic carbocycles. The first-order valence-electron chi connectivity index (χ1n) is 10.0. The molecule has 0 bridgehead atoms. The minimum atomic E-state index is -1.46. The zero-order valence-electron chi connectivity index (χ0n) is 17.1. The highest BCUT2D eigenvalue weighted by Crippen LogP contribution is 2.56. The number of benzene rings is 2. The fourth-order valence-electron chi connectivity index (χ4n) is 5.52. The Morgan fingerprint density at radius 2 is 2.10 bits per heavy atom. The van der Waals surface area contributed by atoms with E-state index in [0.717, 1.165) is 0 Å². The lowest BCUT2D eigenvalue weighted by atomic mass is 9.78. The van der Waals surface area contributed by atoms with Crippen LogP contribution in [-0.2, 0) is 15.1 Å². The number of quaternary nitrogens is 1. The van der Waals surface area contributed by atoms with Crippen molar-refractivity contribution in [2.24, 2.45) is 0 Å². The van der Waals surface area contributed by atoms with Crippen molar-refractivity contribution in [2.75, 3.05) is 32.7 Å². The molecule has 0 spiro atoms. The molecule has 3 aliphatic rings. The number of ether oxygens (including phenoxy) is 2. The molecule has 7 nitrogen and oxygen atoms in total. The van der Waals surface area contributed by atoms with Gasteiger partial charge >= 0.3 is 0 Å². The van der Waals surface area contributed by atoms with E-state index in [0.29, 0.717) is 33.3 Å². The number of carbonyl (C=O) groups excluding carboxylic acids is 2. The van der Waals surface area contributed by atoms with Crippen LogP contribution in [0.3, 0.4) is 0 Å². The third-order valence-corrected chi connectivity index (χ3v) is 7.03. The molecule has 3 aliphatic heterocycles. The number of halogens is 2. The van der Waals surface area contributed by atoms with Crippen molar-refractivity contribution >= 4 is 29.1 Å². The Kier molecular flexibility index (Phi) is 4.43. The molecule has 0 aromatic heterocycles. The fraction of sp³-hybridized carbons (Fsp3) is 0.364. The van der Waals surface area contributed by atoms with Gasteiger partial charge in [-0.3, -0.25) is 14.1 Å². The van der Waals surface area contributed by atoms with Crippen LogP contribution < -0.4 is 20.1 Å². The van der Waals surface area contributed by atoms with Gasteiger partial charge in [0.05, 0.1) is 23.9 Å². The van der Waals surface area contributed by atoms with Crippen LogP contribution in [0.25, 0.3) is 0 Å². The zero-order chi connectivity index (χ0) is 22.0. The van der Waals surface area contributed by atoms with Gasteiger partial charge in [-0.2, -0.15) is 0 Å². The van der Waals surface area contributed by atoms with E-state index in [9.17, 15) is 14.0 Å². The molecular weight excluding hydrogens is 425 g/mol. The molecule has 3 heterocycles. The molecule has 31 heavy (non-hydrogen) atoms. The summed E-state index contributed by atoms with van der Waals surface area (Å²) in [5, 5.41) is 6.01. The van der Waals surface area contributed by atoms with Gasteiger partial charge in [0.1, 0.15) is 6.54 Å². The number of para-hydroxylation sites is 1. The Hall–Kier alpha value is -2.84. The summed E-state index contributed by atoms with van der Waals surface area (Å²) >= 11 is 6.35. The van der Waals surface area contributed by atoms with E-state index >= 15 is 0 Å². The number of carbonyl (C=O) groups is 2. The maximum absolute atomic E-state index is 15.0. The average Bonchev–Trinajstić information content (AvgIpc) is 3.41. The van der Waals surface area contributed by atoms with Crippen molar-refractivity contribution in [1.82, 2.24) is 5.32 Å². The number of rotatable bonds is 3. The van der Waals surface area contributed by atoms with Crippen LogP contribution in [0.1, 0.15) is 17.5 Å². The van der Waals surface area contributed by atoms with E-state index in [1.807, 2.05) is 0 Å². The predicted molar refractivity (Wildman–Crippen MR) is 112 cm³/mol. The van der Waals surface area contributed by atoms with E-state index < -0.39 is 17.8 Å². The zero-order valence-corrected chi connectivity index (χ0v) is 17.8. The molecule has 2 unspecified atom stereocenters. The Bertz CT molecular complexity index is 1110. The van der Waals surface area contributed by atoms with E-state index in [4.69, 9.17) is 21.1 Å². The summed E-state index contributed by atoms with van der Waals surface area (Å²) in [6.45, 7) is -0.0112. The van der Waals surface area contributed by atoms with E-state index in [2.05, 4.69) is 10.6 Å². The van der Waals surface area contributed by atoms with Crippen molar-refractivity contribution in [1.29, 1.82) is 0 Å². The van der Waals surface area contributed by atoms with Gasteiger partial charge in [-0.25, -0.2) is 4.39 Å². The number of nitrogens with zero attached hydrogens (tertiary/aromatic N) is 1. The van der Waals surface area contributed by atoms with Crippen LogP contribution >= 0.6 is 11.6 Å². The van der Waals surface area contributed by atoms with Crippen LogP contribution in [0, 0.1) is 0 Å². The number of fused-ring (bicyclic) bond motifs is 2. The number of likely N-dealkylation sites (N-methyl/N-ethyl adjacent to an activating group) is 2. The number of hydrogen-bond donors (Lipinski definition) is 2. The van der Waals surface area contributed by atoms with Gasteiger partial charge in [0, 0.05) is 18.5 Å². The highest BCUT2D eigenvalue weighted by molar-refractivity contribution is 6.31. The summed E-state index contributed by atoms with van der Waals surface area (Å²) in [4.78, 5) is 26.8. The number of amides is 2. The van der Waals surface area contributed by atoms with Crippen LogP contribution in [0.5, 0.6) is 11.5 Å². The first kappa shape index (κ1) is 20.1. The number of nitrogens with one attached hydrogen (secondary N) is 2. The number of hydrogen-bond acceptors (Lipinski definition) is 4. The molecule has 0 radical (unpaired) electrons. The largest absolute Gasteiger partial charge is 0.454 e. The molecular formula is C22H22ClFN3O4+. The van der Waals surface area contributed by atoms with Crippen LogP contribution in [0.4, 0.5) is 10.1 Å². The van der Waals surface area contributed by atoms with Gasteiger partial charge in [0.25, 0.3) is 11.8 Å². The van der Waals surface area contributed by atoms with Crippen molar-refractivity contribution in [3.63, 3.8) is 0 Å². The third-order valence-electron chi connectivity index (χ3n) is 6.79. The van der Waals surface area contributed by atoms with Gasteiger partial charge in [0.2, 0.25) is 12.3 Å². The standard InChI is InChI=1S/C22H21ClFN3O4/c1-25-20(28)17-9-13(24)10-27(17,2)22(14-4-3-5-18-19(14)31-11-30-18)15-8-12(23)6-7-16(15)26-21(22)29/h3-8,13,17H,9-11H2,1-2H3,(H-,25,26,28,29)/p+1/t13-,17+,22?,27?/m1/s1. The molecule has 2 aromatic rings. The second-order valence-corrected chi connectivity index (χ2v) is 8.74. The molecule has 1 saturated heterocycles. The maximum atomic E-state index is 15.0. The Balaban J connectivity index is 1.87. The molecule has 5 rings (SSSR count). The lowest BCUT2D eigenvalue weighted by Gasteiger charge is -2.48. The van der Waals surface area contributed by atoms with E-state index in [1.54, 1.807) is 43.4 Å². The lowest BCUT2D eigenvalue weighted by molar-refractivity contribution is -0.953. The number of alkyl halides is 1. The molecule has 1 fully saturated rings. The fourth-order valence-corrected chi connectivity index (χ4v) is 5.69. The van der Waals surface area contributed by atoms with Crippen molar-refractivity contribution in [3.8, 4) is 11.5 Å². The van der Waals surface area contributed by atoms with Gasteiger partial charge < -0.3 is 20.1 Å². The van der Waals surface area contributed by atoms with Gasteiger partial charge in [-0.1, -0.05) is 17.7 Å². The molecule has 9 heteroatoms. The highest BCUT2D eigenvalue weighted by atomic mass is 35.5. The number of likely N-dealkylation sites (tertiary alicyclic amines) is 1. The van der Waals surface area contributed by atoms with Gasteiger partial charge in [-0.05, 0) is 30.3 Å². The highest BCUT2D eigenvalue weighted by Gasteiger charge is 2.69. The summed E-state index contributed by atoms with van der Waals surface area (Å²) in [5.41, 5.74) is 0.214. The molecule has 162 valence electrons. The quantitative estimate of drug-likeness (QED) is 0.710. The van der Waals surface area contributed by atoms with E-state index in [1.165, 1.54) is 7.05 Å². The summed E-state index contributed by atoms with van der Waals surface area (Å²) < 4.78 is 26.1. The second kappa shape index (κ2) is 6.83. The van der Waals surface area contributed by atoms with Crippen molar-refractivity contribution in [2.45, 2.75) is 24.2 Å². The summed E-state index contributed by atoms with van der Waals surface area (Å²) in [6.07, 6.45) is -1.25. The molecule has 0 aliphatic carbocycles. The smallest absolute Gasteiger partial charge is 0.295 e. The maximum Gasteiger partial charge on any atom is 0.295 e. The average molecular weight is 447 g/mol. The Labute approximate surface area is 183 Å². The van der Waals surface area contributed by atoms with Crippen LogP contribution in [0.15, 0.2) is 36.4 Å². The molecule has 0 saturated carbocycles. The first-order chi connectivity index (χ1) is 14.8. The summed E-state index contributed by atoms with van der Waals surface area (Å²) in [6, 6.07) is 9.62. The summed E-state index contributed by atoms with van der Waals surface area (Å²) in [5.74, 6) is 0.233. The monoisotopic (exact) mass is 446 g/mol. The minimum Gasteiger partial charge on any atom is -0.454 e. The predicted octanol–water partition coefficient (Wildman–Crippen LogP) is 2.57. The third kappa shape index (κ3) is 2.55. The van der Waals surface area contributed by atoms with E-state index in [-0.39, 0.29) is 36.1 Å². The van der Waals surface area contributed by atoms with Crippen LogP contribution in [0.2, 0.25) is 5.02 Å². The first-order valence-corrected chi connectivity index (χ1v) is 10.4. The van der Waals surface area contributed by atoms with Gasteiger partial charge in [-0.15, -0.1) is 0 Å². The normalized spacial score (nSPS) is 30.8. The molecule has 2 N–H and O–H groups in total. The van der Waals surface area contributed by atoms with Crippen molar-refractivity contribution in [3.05, 3.63) is 52.5 Å². The van der Waals surface area contributed by atoms with Crippen molar-refractivity contribution < 1.29 is 27.9 Å². The minimum absolute atomic E-state index is 0.00742. The van der Waals surface area contributed by atoms with Crippen LogP contribution in [-0.4, -0.2) is 55.9 Å². The Morgan fingerprint density at radius 3 is 2.87 bits per heavy atom. The molecule has 4 atom stereocenters. The second-order valence-electron chi connectivity index (χ2n) is 8.31. The SMILES string of the molecule is CNC(=O)[C@@H]1C[C@@H](F)C[N+]1(C)C1(c2cccc3c2OCO3)C(=O)Nc2ccc(Cl)cc21. The topological polar surface area (TPSA) is 76.7 Å². The lowest BCUT2D eigenvalue weighted by Crippen LogP contribution is -2.68.